The van der Waals surface area contributed by atoms with E-state index in [2.05, 4.69) is 30.7 Å². The Hall–Kier alpha value is -1.99. The van der Waals surface area contributed by atoms with Crippen LogP contribution in [0, 0.1) is 5.92 Å². The zero-order chi connectivity index (χ0) is 13.1. The molecule has 4 N–H and O–H groups in total. The van der Waals surface area contributed by atoms with Gasteiger partial charge < -0.3 is 4.98 Å². The number of hydrogen-bond acceptors (Lipinski definition) is 5. The molecule has 2 aromatic rings. The molecule has 0 bridgehead atoms. The first-order chi connectivity index (χ1) is 9.38. The van der Waals surface area contributed by atoms with E-state index >= 15 is 0 Å². The largest absolute Gasteiger partial charge is 0.343 e. The fourth-order valence-electron chi connectivity index (χ4n) is 1.95. The second-order valence-electron chi connectivity index (χ2n) is 4.63. The van der Waals surface area contributed by atoms with Crippen LogP contribution in [0.2, 0.25) is 0 Å². The van der Waals surface area contributed by atoms with Crippen molar-refractivity contribution in [2.75, 3.05) is 13.2 Å². The molecule has 1 saturated carbocycles. The number of H-pyrrole nitrogens is 1. The highest BCUT2D eigenvalue weighted by atomic mass is 16.5. The number of fused-ring (bicyclic) bond motifs is 1. The molecular weight excluding hydrogens is 244 g/mol. The summed E-state index contributed by atoms with van der Waals surface area (Å²) in [6.45, 7) is 1.45. The predicted octanol–water partition coefficient (Wildman–Crippen LogP) is 0.640. The fourth-order valence-corrected chi connectivity index (χ4v) is 1.95. The minimum absolute atomic E-state index is 0.403. The molecule has 0 unspecified atom stereocenters. The first-order valence-electron chi connectivity index (χ1n) is 6.32. The van der Waals surface area contributed by atoms with Crippen LogP contribution >= 0.6 is 0 Å². The van der Waals surface area contributed by atoms with E-state index in [4.69, 9.17) is 0 Å². The molecule has 0 saturated heterocycles. The molecule has 0 spiro atoms. The van der Waals surface area contributed by atoms with Crippen molar-refractivity contribution in [1.29, 1.82) is 0 Å². The van der Waals surface area contributed by atoms with Gasteiger partial charge in [0.25, 0.3) is 0 Å². The number of rotatable bonds is 5. The standard InChI is InChI=1S/C12H16N6O/c19-18-11(16-6-13-5-8-1-2-8)9-3-4-14-12-10(9)15-7-17-12/h3-4,7-8,13,19H,1-2,5-6H2,(H,16,18)(H,14,15,17). The lowest BCUT2D eigenvalue weighted by Gasteiger charge is -2.06. The van der Waals surface area contributed by atoms with Gasteiger partial charge in [0.1, 0.15) is 0 Å². The molecule has 2 aromatic heterocycles. The molecule has 2 heterocycles. The zero-order valence-electron chi connectivity index (χ0n) is 10.4. The third-order valence-corrected chi connectivity index (χ3v) is 3.17. The van der Waals surface area contributed by atoms with Crippen molar-refractivity contribution in [1.82, 2.24) is 25.7 Å². The van der Waals surface area contributed by atoms with Gasteiger partial charge in [-0.05, 0) is 31.4 Å². The van der Waals surface area contributed by atoms with Gasteiger partial charge in [-0.3, -0.25) is 21.0 Å². The second-order valence-corrected chi connectivity index (χ2v) is 4.63. The minimum atomic E-state index is 0.403. The van der Waals surface area contributed by atoms with Gasteiger partial charge in [-0.15, -0.1) is 0 Å². The van der Waals surface area contributed by atoms with Crippen molar-refractivity contribution in [3.63, 3.8) is 0 Å². The molecule has 1 aliphatic carbocycles. The summed E-state index contributed by atoms with van der Waals surface area (Å²) in [7, 11) is 0. The summed E-state index contributed by atoms with van der Waals surface area (Å²) < 4.78 is 0. The van der Waals surface area contributed by atoms with Crippen LogP contribution in [-0.2, 0) is 0 Å². The van der Waals surface area contributed by atoms with Crippen LogP contribution < -0.4 is 10.8 Å². The Morgan fingerprint density at radius 3 is 3.16 bits per heavy atom. The van der Waals surface area contributed by atoms with Gasteiger partial charge in [-0.2, -0.15) is 0 Å². The van der Waals surface area contributed by atoms with Crippen molar-refractivity contribution >= 4 is 17.0 Å². The van der Waals surface area contributed by atoms with E-state index in [1.165, 1.54) is 12.8 Å². The summed E-state index contributed by atoms with van der Waals surface area (Å²) in [6, 6.07) is 1.78. The second kappa shape index (κ2) is 5.33. The minimum Gasteiger partial charge on any atom is -0.343 e. The molecule has 3 rings (SSSR count). The van der Waals surface area contributed by atoms with E-state index in [1.54, 1.807) is 18.6 Å². The van der Waals surface area contributed by atoms with Crippen LogP contribution in [0.5, 0.6) is 0 Å². The van der Waals surface area contributed by atoms with Crippen LogP contribution in [0.15, 0.2) is 23.6 Å². The lowest BCUT2D eigenvalue weighted by atomic mass is 10.2. The lowest BCUT2D eigenvalue weighted by molar-refractivity contribution is 0.234. The number of nitrogens with one attached hydrogen (secondary N) is 3. The van der Waals surface area contributed by atoms with Crippen LogP contribution in [0.25, 0.3) is 11.2 Å². The van der Waals surface area contributed by atoms with Crippen molar-refractivity contribution in [2.45, 2.75) is 12.8 Å². The lowest BCUT2D eigenvalue weighted by Crippen LogP contribution is -2.25. The highest BCUT2D eigenvalue weighted by Gasteiger charge is 2.20. The van der Waals surface area contributed by atoms with E-state index in [1.807, 2.05) is 0 Å². The van der Waals surface area contributed by atoms with Crippen molar-refractivity contribution < 1.29 is 5.21 Å². The predicted molar refractivity (Wildman–Crippen MR) is 70.9 cm³/mol. The third-order valence-electron chi connectivity index (χ3n) is 3.17. The molecule has 0 aromatic carbocycles. The summed E-state index contributed by atoms with van der Waals surface area (Å²) in [5.74, 6) is 1.21. The Balaban J connectivity index is 1.76. The molecule has 1 aliphatic rings. The SMILES string of the molecule is ONC(=NCNCC1CC1)c1ccnc2nc[nH]c12. The van der Waals surface area contributed by atoms with Crippen molar-refractivity contribution in [2.24, 2.45) is 10.9 Å². The number of aliphatic imine (C=N–C) groups is 1. The maximum atomic E-state index is 9.23. The number of imidazole rings is 1. The fraction of sp³-hybridized carbons (Fsp3) is 0.417. The normalized spacial score (nSPS) is 15.9. The summed E-state index contributed by atoms with van der Waals surface area (Å²) >= 11 is 0. The van der Waals surface area contributed by atoms with Crippen LogP contribution in [-0.4, -0.2) is 39.2 Å². The number of hydrogen-bond donors (Lipinski definition) is 4. The quantitative estimate of drug-likeness (QED) is 0.274. The number of amidine groups is 1. The first-order valence-corrected chi connectivity index (χ1v) is 6.32. The Morgan fingerprint density at radius 1 is 1.47 bits per heavy atom. The van der Waals surface area contributed by atoms with Gasteiger partial charge in [-0.1, -0.05) is 0 Å². The Kier molecular flexibility index (Phi) is 3.39. The smallest absolute Gasteiger partial charge is 0.178 e. The molecule has 0 amide bonds. The van der Waals surface area contributed by atoms with E-state index in [-0.39, 0.29) is 0 Å². The van der Waals surface area contributed by atoms with E-state index in [0.29, 0.717) is 18.2 Å². The molecule has 19 heavy (non-hydrogen) atoms. The Labute approximate surface area is 110 Å². The number of nitrogens with zero attached hydrogens (tertiary/aromatic N) is 3. The number of pyridine rings is 1. The first kappa shape index (κ1) is 12.1. The number of aromatic amines is 1. The molecule has 7 nitrogen and oxygen atoms in total. The zero-order valence-corrected chi connectivity index (χ0v) is 10.4. The van der Waals surface area contributed by atoms with Gasteiger partial charge >= 0.3 is 0 Å². The van der Waals surface area contributed by atoms with Crippen LogP contribution in [0.3, 0.4) is 0 Å². The van der Waals surface area contributed by atoms with Gasteiger partial charge in [0.15, 0.2) is 11.5 Å². The van der Waals surface area contributed by atoms with E-state index in [0.717, 1.165) is 23.5 Å². The van der Waals surface area contributed by atoms with Crippen molar-refractivity contribution in [3.8, 4) is 0 Å². The molecule has 0 aliphatic heterocycles. The monoisotopic (exact) mass is 260 g/mol. The van der Waals surface area contributed by atoms with Crippen LogP contribution in [0.1, 0.15) is 18.4 Å². The summed E-state index contributed by atoms with van der Waals surface area (Å²) in [6.07, 6.45) is 5.83. The molecular formula is C12H16N6O. The Morgan fingerprint density at radius 2 is 2.37 bits per heavy atom. The summed E-state index contributed by atoms with van der Waals surface area (Å²) in [5.41, 5.74) is 4.24. The van der Waals surface area contributed by atoms with Gasteiger partial charge in [0, 0.05) is 11.8 Å². The number of hydroxylamine groups is 1. The Bertz CT molecular complexity index is 589. The average molecular weight is 260 g/mol. The molecule has 7 heteroatoms. The van der Waals surface area contributed by atoms with Gasteiger partial charge in [-0.25, -0.2) is 9.97 Å². The van der Waals surface area contributed by atoms with Crippen LogP contribution in [0.4, 0.5) is 0 Å². The summed E-state index contributed by atoms with van der Waals surface area (Å²) in [4.78, 5) is 15.5. The number of aromatic nitrogens is 3. The van der Waals surface area contributed by atoms with E-state index in [9.17, 15) is 5.21 Å². The molecule has 0 atom stereocenters. The third kappa shape index (κ3) is 2.72. The topological polar surface area (TPSA) is 98.2 Å². The molecule has 1 fully saturated rings. The highest BCUT2D eigenvalue weighted by Crippen LogP contribution is 2.27. The van der Waals surface area contributed by atoms with E-state index < -0.39 is 0 Å². The average Bonchev–Trinajstić information content (AvgIpc) is 3.13. The van der Waals surface area contributed by atoms with Gasteiger partial charge in [0.2, 0.25) is 0 Å². The van der Waals surface area contributed by atoms with Gasteiger partial charge in [0.05, 0.1) is 18.5 Å². The maximum absolute atomic E-state index is 9.23. The highest BCUT2D eigenvalue weighted by molar-refractivity contribution is 6.06. The van der Waals surface area contributed by atoms with Crippen molar-refractivity contribution in [3.05, 3.63) is 24.2 Å². The molecule has 0 radical (unpaired) electrons. The summed E-state index contributed by atoms with van der Waals surface area (Å²) in [5, 5.41) is 12.5. The maximum Gasteiger partial charge on any atom is 0.178 e. The molecule has 100 valence electrons.